The van der Waals surface area contributed by atoms with E-state index in [4.69, 9.17) is 6.35 Å². The van der Waals surface area contributed by atoms with Gasteiger partial charge in [0.05, 0.1) is 5.76 Å². The van der Waals surface area contributed by atoms with E-state index >= 15 is 0 Å². The van der Waals surface area contributed by atoms with Gasteiger partial charge in [-0.05, 0) is 25.7 Å². The van der Waals surface area contributed by atoms with Crippen LogP contribution in [-0.4, -0.2) is 29.1 Å². The zero-order valence-corrected chi connectivity index (χ0v) is 35.1. The van der Waals surface area contributed by atoms with Crippen molar-refractivity contribution in [3.05, 3.63) is 83.7 Å². The summed E-state index contributed by atoms with van der Waals surface area (Å²) < 4.78 is 12.5. The molecule has 0 unspecified atom stereocenters. The van der Waals surface area contributed by atoms with Crippen LogP contribution >= 0.6 is 11.3 Å². The number of carbonyl (C=O) groups is 1. The number of thiophene rings is 1. The van der Waals surface area contributed by atoms with Crippen LogP contribution in [0.2, 0.25) is 17.3 Å². The van der Waals surface area contributed by atoms with E-state index in [1.807, 2.05) is 45.1 Å². The number of aromatic nitrogens is 1. The fourth-order valence-corrected chi connectivity index (χ4v) is 11.8. The molecule has 2 aromatic heterocycles. The Morgan fingerprint density at radius 3 is 2.15 bits per heavy atom. The second-order valence-electron chi connectivity index (χ2n) is 13.8. The quantitative estimate of drug-likeness (QED) is 0.0658. The SMILES string of the molecule is CCC(CC)C(=O)/C=C(\O)C(CC)CC.[2H]c1cc2c(sc3c(C)[c]([Ge]([CH3])([CH3])[CH3])ccc32)c(-c2[c-]c3ccccc3c(C(C)C)c2)n1.[Ir]. The van der Waals surface area contributed by atoms with Crippen LogP contribution in [0.25, 0.3) is 42.2 Å². The summed E-state index contributed by atoms with van der Waals surface area (Å²) in [5.74, 6) is 8.30. The van der Waals surface area contributed by atoms with Gasteiger partial charge in [-0.1, -0.05) is 27.7 Å². The van der Waals surface area contributed by atoms with Crippen molar-refractivity contribution in [2.75, 3.05) is 0 Å². The van der Waals surface area contributed by atoms with Gasteiger partial charge in [0, 0.05) is 38.0 Å². The number of aliphatic hydroxyl groups excluding tert-OH is 1. The summed E-state index contributed by atoms with van der Waals surface area (Å²) in [6.45, 7) is 14.8. The fraction of sp³-hybridized carbons (Fsp3) is 0.415. The maximum absolute atomic E-state index is 11.7. The molecule has 3 aromatic carbocycles. The summed E-state index contributed by atoms with van der Waals surface area (Å²) in [4.78, 5) is 16.4. The van der Waals surface area contributed by atoms with Gasteiger partial charge < -0.3 is 5.11 Å². The number of hydrogen-bond donors (Lipinski definition) is 1. The zero-order chi connectivity index (χ0) is 34.6. The molecule has 47 heavy (non-hydrogen) atoms. The van der Waals surface area contributed by atoms with Crippen molar-refractivity contribution in [3.8, 4) is 11.3 Å². The van der Waals surface area contributed by atoms with Crippen LogP contribution in [0.5, 0.6) is 0 Å². The van der Waals surface area contributed by atoms with E-state index in [0.29, 0.717) is 12.1 Å². The van der Waals surface area contributed by atoms with Crippen molar-refractivity contribution in [1.82, 2.24) is 4.98 Å². The molecule has 0 saturated heterocycles. The maximum Gasteiger partial charge on any atom is 0 e. The molecule has 1 N–H and O–H groups in total. The van der Waals surface area contributed by atoms with E-state index < -0.39 is 13.3 Å². The Labute approximate surface area is 304 Å². The first-order valence-electron chi connectivity index (χ1n) is 17.5. The molecule has 3 nitrogen and oxygen atoms in total. The molecule has 0 fully saturated rings. The van der Waals surface area contributed by atoms with E-state index in [1.54, 1.807) is 4.40 Å². The van der Waals surface area contributed by atoms with Crippen molar-refractivity contribution in [2.24, 2.45) is 11.8 Å². The minimum Gasteiger partial charge on any atom is 0 e. The van der Waals surface area contributed by atoms with Crippen molar-refractivity contribution in [3.63, 3.8) is 0 Å². The van der Waals surface area contributed by atoms with E-state index in [-0.39, 0.29) is 43.5 Å². The average Bonchev–Trinajstić information content (AvgIpc) is 3.40. The summed E-state index contributed by atoms with van der Waals surface area (Å²) in [6, 6.07) is 20.9. The average molecular weight is 889 g/mol. The molecule has 0 aliphatic carbocycles. The van der Waals surface area contributed by atoms with Gasteiger partial charge >= 0.3 is 193 Å². The number of nitrogens with zero attached hydrogens (tertiary/aromatic N) is 1. The predicted octanol–water partition coefficient (Wildman–Crippen LogP) is 11.9. The molecule has 0 spiro atoms. The first-order chi connectivity index (χ1) is 22.2. The number of aliphatic hydroxyl groups is 1. The van der Waals surface area contributed by atoms with E-state index in [0.717, 1.165) is 47.7 Å². The molecule has 1 radical (unpaired) electrons. The van der Waals surface area contributed by atoms with Gasteiger partial charge in [0.2, 0.25) is 0 Å². The molecule has 5 aromatic rings. The van der Waals surface area contributed by atoms with Crippen LogP contribution in [0, 0.1) is 24.8 Å². The van der Waals surface area contributed by atoms with Gasteiger partial charge in [0.15, 0.2) is 5.78 Å². The normalized spacial score (nSPS) is 12.5. The standard InChI is InChI=1S/C28H28GeNS.C13H24O2.Ir/c1-17(2)24-16-20(15-19-9-7-8-10-21(19)24)26-28-23(13-14-30-26)22-11-12-25(29(4,5)6)18(3)27(22)31-28;1-5-10(6-2)12(14)9-13(15)11(7-3)8-4;/h7-14,16-17H,1-6H3;9-11,14H,5-8H2,1-4H3;/q-1;;/b;12-9-;/i14D;;. The van der Waals surface area contributed by atoms with Crippen molar-refractivity contribution in [2.45, 2.75) is 97.3 Å². The number of pyridine rings is 1. The topological polar surface area (TPSA) is 50.2 Å². The molecule has 2 heterocycles. The molecule has 0 aliphatic rings. The van der Waals surface area contributed by atoms with E-state index in [1.165, 1.54) is 37.4 Å². The largest absolute Gasteiger partial charge is 0 e. The molecule has 0 saturated carbocycles. The van der Waals surface area contributed by atoms with Crippen molar-refractivity contribution >= 4 is 65.7 Å². The second kappa shape index (κ2) is 16.9. The predicted molar refractivity (Wildman–Crippen MR) is 205 cm³/mol. The van der Waals surface area contributed by atoms with Gasteiger partial charge in [-0.15, -0.1) is 0 Å². The monoisotopic (exact) mass is 890 g/mol. The molecular formula is C41H52GeIrNO2S-. The van der Waals surface area contributed by atoms with E-state index in [2.05, 4.69) is 86.6 Å². The van der Waals surface area contributed by atoms with Gasteiger partial charge in [-0.2, -0.15) is 0 Å². The molecule has 253 valence electrons. The van der Waals surface area contributed by atoms with Crippen LogP contribution in [-0.2, 0) is 24.9 Å². The number of allylic oxidation sites excluding steroid dienone is 2. The molecule has 0 atom stereocenters. The van der Waals surface area contributed by atoms with Gasteiger partial charge in [-0.25, -0.2) is 0 Å². The minimum atomic E-state index is -1.97. The Hall–Kier alpha value is -2.31. The van der Waals surface area contributed by atoms with Crippen molar-refractivity contribution in [1.29, 1.82) is 0 Å². The Balaban J connectivity index is 0.000000334. The van der Waals surface area contributed by atoms with Crippen LogP contribution < -0.4 is 4.40 Å². The Morgan fingerprint density at radius 2 is 1.55 bits per heavy atom. The Bertz CT molecular complexity index is 1920. The number of fused-ring (bicyclic) bond motifs is 4. The van der Waals surface area contributed by atoms with Crippen LogP contribution in [0.3, 0.4) is 0 Å². The van der Waals surface area contributed by atoms with Gasteiger partial charge in [0.25, 0.3) is 0 Å². The van der Waals surface area contributed by atoms with Crippen LogP contribution in [0.4, 0.5) is 0 Å². The third-order valence-corrected chi connectivity index (χ3v) is 15.2. The first-order valence-corrected chi connectivity index (χ1v) is 25.1. The molecule has 0 bridgehead atoms. The van der Waals surface area contributed by atoms with Crippen molar-refractivity contribution < 1.29 is 31.4 Å². The molecular weight excluding hydrogens is 835 g/mol. The number of ketones is 1. The third-order valence-electron chi connectivity index (χ3n) is 9.32. The summed E-state index contributed by atoms with van der Waals surface area (Å²) >= 11 is -0.137. The number of carbonyl (C=O) groups excluding carboxylic acids is 1. The van der Waals surface area contributed by atoms with Crippen LogP contribution in [0.15, 0.2) is 66.5 Å². The maximum atomic E-state index is 11.7. The summed E-state index contributed by atoms with van der Waals surface area (Å²) in [5, 5.41) is 14.5. The summed E-state index contributed by atoms with van der Waals surface area (Å²) in [6.07, 6.45) is 5.22. The molecule has 5 rings (SSSR count). The molecule has 0 aliphatic heterocycles. The smallest absolute Gasteiger partial charge is 0 e. The number of rotatable bonds is 10. The van der Waals surface area contributed by atoms with Gasteiger partial charge in [-0.3, -0.25) is 4.79 Å². The molecule has 0 amide bonds. The zero-order valence-electron chi connectivity index (χ0n) is 30.8. The van der Waals surface area contributed by atoms with E-state index in [9.17, 15) is 9.90 Å². The molecule has 6 heteroatoms. The van der Waals surface area contributed by atoms with Crippen LogP contribution in [0.1, 0.15) is 85.6 Å². The summed E-state index contributed by atoms with van der Waals surface area (Å²) in [7, 11) is 0. The first kappa shape index (κ1) is 37.5. The number of aryl methyl sites for hydroxylation is 1. The fourth-order valence-electron chi connectivity index (χ4n) is 6.48. The third kappa shape index (κ3) is 8.65. The minimum absolute atomic E-state index is 0. The van der Waals surface area contributed by atoms with Gasteiger partial charge in [0.1, 0.15) is 0 Å². The Kier molecular flexibility index (Phi) is 13.5. The Morgan fingerprint density at radius 1 is 0.936 bits per heavy atom. The summed E-state index contributed by atoms with van der Waals surface area (Å²) in [5.41, 5.74) is 4.60. The number of benzene rings is 3. The number of hydrogen-bond acceptors (Lipinski definition) is 4. The second-order valence-corrected chi connectivity index (χ2v) is 25.4.